The van der Waals surface area contributed by atoms with E-state index in [2.05, 4.69) is 31.4 Å². The molecule has 0 unspecified atom stereocenters. The fourth-order valence-electron chi connectivity index (χ4n) is 2.30. The summed E-state index contributed by atoms with van der Waals surface area (Å²) in [4.78, 5) is 11.8. The molecule has 0 aliphatic carbocycles. The highest BCUT2D eigenvalue weighted by Gasteiger charge is 2.18. The average molecular weight is 421 g/mol. The minimum absolute atomic E-state index is 0.0240. The standard InChI is InChI=1S/C17H17BrN4O2S/c1-2-19-15(23)11-25-17-21-20-16(13-8-9-14(18)24-13)22(17)10-12-6-4-3-5-7-12/h3-9H,2,10-11H2,1H3,(H,19,23). The lowest BCUT2D eigenvalue weighted by molar-refractivity contribution is -0.118. The second-order valence-corrected chi connectivity index (χ2v) is 6.95. The number of aromatic nitrogens is 3. The Morgan fingerprint density at radius 3 is 2.72 bits per heavy atom. The molecular formula is C17H17BrN4O2S. The number of amides is 1. The summed E-state index contributed by atoms with van der Waals surface area (Å²) < 4.78 is 8.23. The molecule has 2 heterocycles. The molecule has 1 aromatic carbocycles. The zero-order valence-electron chi connectivity index (χ0n) is 13.6. The van der Waals surface area contributed by atoms with Gasteiger partial charge in [-0.05, 0) is 40.5 Å². The molecule has 3 rings (SSSR count). The molecule has 0 atom stereocenters. The summed E-state index contributed by atoms with van der Waals surface area (Å²) in [6.07, 6.45) is 0. The monoisotopic (exact) mass is 420 g/mol. The van der Waals surface area contributed by atoms with Gasteiger partial charge in [0.2, 0.25) is 11.7 Å². The molecule has 2 aromatic heterocycles. The van der Waals surface area contributed by atoms with E-state index in [1.165, 1.54) is 11.8 Å². The Balaban J connectivity index is 1.89. The molecule has 25 heavy (non-hydrogen) atoms. The summed E-state index contributed by atoms with van der Waals surface area (Å²) in [6.45, 7) is 3.11. The number of carbonyl (C=O) groups is 1. The van der Waals surface area contributed by atoms with Crippen LogP contribution in [0.2, 0.25) is 0 Å². The third-order valence-electron chi connectivity index (χ3n) is 3.40. The molecule has 0 fully saturated rings. The number of hydrogen-bond acceptors (Lipinski definition) is 5. The van der Waals surface area contributed by atoms with Gasteiger partial charge < -0.3 is 9.73 Å². The predicted molar refractivity (Wildman–Crippen MR) is 100 cm³/mol. The van der Waals surface area contributed by atoms with Crippen LogP contribution in [-0.2, 0) is 11.3 Å². The van der Waals surface area contributed by atoms with Crippen molar-refractivity contribution >= 4 is 33.6 Å². The first-order valence-electron chi connectivity index (χ1n) is 7.79. The largest absolute Gasteiger partial charge is 0.446 e. The zero-order chi connectivity index (χ0) is 17.6. The van der Waals surface area contributed by atoms with E-state index < -0.39 is 0 Å². The number of nitrogens with zero attached hydrogens (tertiary/aromatic N) is 3. The molecule has 0 saturated carbocycles. The highest BCUT2D eigenvalue weighted by molar-refractivity contribution is 9.10. The van der Waals surface area contributed by atoms with Gasteiger partial charge in [0.1, 0.15) is 0 Å². The van der Waals surface area contributed by atoms with E-state index in [4.69, 9.17) is 4.42 Å². The Morgan fingerprint density at radius 2 is 2.04 bits per heavy atom. The predicted octanol–water partition coefficient (Wildman–Crippen LogP) is 3.58. The van der Waals surface area contributed by atoms with Gasteiger partial charge in [-0.15, -0.1) is 10.2 Å². The Bertz CT molecular complexity index is 847. The quantitative estimate of drug-likeness (QED) is 0.591. The van der Waals surface area contributed by atoms with Crippen LogP contribution in [-0.4, -0.2) is 33.0 Å². The van der Waals surface area contributed by atoms with Gasteiger partial charge in [-0.2, -0.15) is 0 Å². The molecule has 0 aliphatic rings. The summed E-state index contributed by atoms with van der Waals surface area (Å²) in [5, 5.41) is 12.0. The zero-order valence-corrected chi connectivity index (χ0v) is 16.0. The molecule has 1 N–H and O–H groups in total. The topological polar surface area (TPSA) is 73.0 Å². The van der Waals surface area contributed by atoms with Gasteiger partial charge in [0, 0.05) is 6.54 Å². The number of thioether (sulfide) groups is 1. The summed E-state index contributed by atoms with van der Waals surface area (Å²) >= 11 is 4.67. The van der Waals surface area contributed by atoms with Crippen LogP contribution >= 0.6 is 27.7 Å². The van der Waals surface area contributed by atoms with E-state index in [0.29, 0.717) is 40.3 Å². The van der Waals surface area contributed by atoms with Gasteiger partial charge in [-0.25, -0.2) is 0 Å². The number of hydrogen-bond donors (Lipinski definition) is 1. The van der Waals surface area contributed by atoms with Gasteiger partial charge in [-0.3, -0.25) is 9.36 Å². The van der Waals surface area contributed by atoms with Crippen LogP contribution in [0.5, 0.6) is 0 Å². The number of carbonyl (C=O) groups excluding carboxylic acids is 1. The first-order chi connectivity index (χ1) is 12.2. The number of benzene rings is 1. The van der Waals surface area contributed by atoms with E-state index in [1.54, 1.807) is 0 Å². The molecule has 130 valence electrons. The van der Waals surface area contributed by atoms with Crippen molar-refractivity contribution < 1.29 is 9.21 Å². The highest BCUT2D eigenvalue weighted by Crippen LogP contribution is 2.28. The van der Waals surface area contributed by atoms with E-state index >= 15 is 0 Å². The summed E-state index contributed by atoms with van der Waals surface area (Å²) in [5.74, 6) is 1.53. The Labute approximate surface area is 158 Å². The van der Waals surface area contributed by atoms with Crippen LogP contribution in [0.15, 0.2) is 56.7 Å². The van der Waals surface area contributed by atoms with Crippen molar-refractivity contribution in [3.05, 3.63) is 52.7 Å². The van der Waals surface area contributed by atoms with Crippen LogP contribution in [0.1, 0.15) is 12.5 Å². The lowest BCUT2D eigenvalue weighted by Crippen LogP contribution is -2.24. The number of nitrogens with one attached hydrogen (secondary N) is 1. The molecule has 0 spiro atoms. The van der Waals surface area contributed by atoms with Gasteiger partial charge in [0.15, 0.2) is 15.6 Å². The van der Waals surface area contributed by atoms with E-state index in [0.717, 1.165) is 5.56 Å². The maximum absolute atomic E-state index is 11.8. The summed E-state index contributed by atoms with van der Waals surface area (Å²) in [7, 11) is 0. The van der Waals surface area contributed by atoms with Crippen molar-refractivity contribution in [2.24, 2.45) is 0 Å². The normalized spacial score (nSPS) is 10.8. The third kappa shape index (κ3) is 4.52. The van der Waals surface area contributed by atoms with Crippen LogP contribution in [0.25, 0.3) is 11.6 Å². The summed E-state index contributed by atoms with van der Waals surface area (Å²) in [6, 6.07) is 13.7. The molecule has 3 aromatic rings. The smallest absolute Gasteiger partial charge is 0.230 e. The molecular weight excluding hydrogens is 404 g/mol. The van der Waals surface area contributed by atoms with E-state index in [1.807, 2.05) is 54.0 Å². The van der Waals surface area contributed by atoms with Crippen molar-refractivity contribution in [1.82, 2.24) is 20.1 Å². The van der Waals surface area contributed by atoms with Gasteiger partial charge in [0.25, 0.3) is 0 Å². The molecule has 0 bridgehead atoms. The average Bonchev–Trinajstić information content (AvgIpc) is 3.20. The second-order valence-electron chi connectivity index (χ2n) is 5.22. The van der Waals surface area contributed by atoms with Gasteiger partial charge in [0.05, 0.1) is 12.3 Å². The van der Waals surface area contributed by atoms with E-state index in [-0.39, 0.29) is 5.91 Å². The maximum Gasteiger partial charge on any atom is 0.230 e. The lowest BCUT2D eigenvalue weighted by atomic mass is 10.2. The van der Waals surface area contributed by atoms with Crippen molar-refractivity contribution in [3.63, 3.8) is 0 Å². The SMILES string of the molecule is CCNC(=O)CSc1nnc(-c2ccc(Br)o2)n1Cc1ccccc1. The minimum Gasteiger partial charge on any atom is -0.446 e. The molecule has 0 radical (unpaired) electrons. The minimum atomic E-state index is -0.0240. The fourth-order valence-corrected chi connectivity index (χ4v) is 3.37. The second kappa shape index (κ2) is 8.35. The van der Waals surface area contributed by atoms with Crippen molar-refractivity contribution in [2.75, 3.05) is 12.3 Å². The maximum atomic E-state index is 11.8. The van der Waals surface area contributed by atoms with Crippen LogP contribution < -0.4 is 5.32 Å². The van der Waals surface area contributed by atoms with Crippen molar-refractivity contribution in [3.8, 4) is 11.6 Å². The first kappa shape index (κ1) is 17.8. The van der Waals surface area contributed by atoms with E-state index in [9.17, 15) is 4.79 Å². The van der Waals surface area contributed by atoms with Gasteiger partial charge in [-0.1, -0.05) is 42.1 Å². The Morgan fingerprint density at radius 1 is 1.24 bits per heavy atom. The molecule has 0 aliphatic heterocycles. The Kier molecular flexibility index (Phi) is 5.93. The highest BCUT2D eigenvalue weighted by atomic mass is 79.9. The lowest BCUT2D eigenvalue weighted by Gasteiger charge is -2.09. The molecule has 6 nitrogen and oxygen atoms in total. The number of furan rings is 1. The van der Waals surface area contributed by atoms with Crippen LogP contribution in [0, 0.1) is 0 Å². The Hall–Kier alpha value is -2.06. The van der Waals surface area contributed by atoms with Gasteiger partial charge >= 0.3 is 0 Å². The summed E-state index contributed by atoms with van der Waals surface area (Å²) in [5.41, 5.74) is 1.12. The first-order valence-corrected chi connectivity index (χ1v) is 9.57. The molecule has 1 amide bonds. The van der Waals surface area contributed by atoms with Crippen molar-refractivity contribution in [1.29, 1.82) is 0 Å². The molecule has 0 saturated heterocycles. The number of rotatable bonds is 7. The third-order valence-corrected chi connectivity index (χ3v) is 4.79. The molecule has 8 heteroatoms. The fraction of sp³-hybridized carbons (Fsp3) is 0.235. The van der Waals surface area contributed by atoms with Crippen LogP contribution in [0.4, 0.5) is 0 Å². The number of halogens is 1. The van der Waals surface area contributed by atoms with Crippen LogP contribution in [0.3, 0.4) is 0 Å². The van der Waals surface area contributed by atoms with Crippen molar-refractivity contribution in [2.45, 2.75) is 18.6 Å².